The van der Waals surface area contributed by atoms with E-state index in [1.807, 2.05) is 0 Å². The van der Waals surface area contributed by atoms with Crippen molar-refractivity contribution in [1.82, 2.24) is 0 Å². The monoisotopic (exact) mass is 1130 g/mol. The van der Waals surface area contributed by atoms with E-state index in [4.69, 9.17) is 25.1 Å². The molecule has 9 aromatic carbocycles. The minimum atomic E-state index is -5.63. The lowest BCUT2D eigenvalue weighted by Crippen LogP contribution is -2.16. The third-order valence-corrected chi connectivity index (χ3v) is 13.9. The SMILES string of the molecule is O=S(=O)(O)Oc1c2ccccc2c(OS(=O)(=O)O)c2c3c(ccc12)-c1ccc2c(OS(=O)(=O)O)c4c5c(ccc4c(OS(=O)(=O)O)c2c1=N3)-c1ccc2c(OS(=O)(=O)O)c3ccccc3c(OS(=O)(=O)O)c2c1N=5. The minimum Gasteiger partial charge on any atom is -0.360 e. The second kappa shape index (κ2) is 16.0. The van der Waals surface area contributed by atoms with Gasteiger partial charge in [0.15, 0.2) is 34.5 Å². The quantitative estimate of drug-likeness (QED) is 0.0644. The van der Waals surface area contributed by atoms with Gasteiger partial charge in [-0.1, -0.05) is 72.8 Å². The van der Waals surface area contributed by atoms with E-state index in [9.17, 15) is 77.8 Å². The van der Waals surface area contributed by atoms with Gasteiger partial charge in [-0.2, -0.15) is 50.5 Å². The number of nitrogens with zero attached hydrogens (tertiary/aromatic N) is 2. The molecular weight excluding hydrogens is 1110 g/mol. The molecule has 0 bridgehead atoms. The zero-order valence-corrected chi connectivity index (χ0v) is 40.5. The lowest BCUT2D eigenvalue weighted by atomic mass is 9.92. The smallest absolute Gasteiger partial charge is 0.360 e. The van der Waals surface area contributed by atoms with Crippen molar-refractivity contribution in [2.75, 3.05) is 0 Å². The normalized spacial score (nSPS) is 13.6. The maximum Gasteiger partial charge on any atom is 0.446 e. The average molecular weight is 1130 g/mol. The van der Waals surface area contributed by atoms with Crippen LogP contribution in [0.5, 0.6) is 34.5 Å². The first-order chi connectivity index (χ1) is 34.4. The molecule has 11 rings (SSSR count). The fourth-order valence-electron chi connectivity index (χ4n) is 9.34. The highest BCUT2D eigenvalue weighted by Crippen LogP contribution is 2.55. The molecule has 0 saturated heterocycles. The van der Waals surface area contributed by atoms with Gasteiger partial charge in [0.2, 0.25) is 0 Å². The van der Waals surface area contributed by atoms with Gasteiger partial charge in [0, 0.05) is 65.3 Å². The fourth-order valence-corrected chi connectivity index (χ4v) is 11.7. The van der Waals surface area contributed by atoms with E-state index in [1.165, 1.54) is 84.9 Å². The summed E-state index contributed by atoms with van der Waals surface area (Å²) < 4.78 is 241. The highest BCUT2D eigenvalue weighted by molar-refractivity contribution is 7.82. The van der Waals surface area contributed by atoms with Crippen LogP contribution in [0.3, 0.4) is 0 Å². The largest absolute Gasteiger partial charge is 0.446 e. The van der Waals surface area contributed by atoms with Crippen molar-refractivity contribution in [3.8, 4) is 56.8 Å². The predicted molar refractivity (Wildman–Crippen MR) is 257 cm³/mol. The zero-order valence-electron chi connectivity index (χ0n) is 35.6. The van der Waals surface area contributed by atoms with Crippen LogP contribution in [-0.4, -0.2) is 77.8 Å². The number of fused-ring (bicyclic) bond motifs is 16. The maximum atomic E-state index is 12.9. The Balaban J connectivity index is 1.30. The van der Waals surface area contributed by atoms with Crippen LogP contribution in [0.25, 0.3) is 86.9 Å². The molecule has 0 aliphatic carbocycles. The van der Waals surface area contributed by atoms with E-state index in [0.717, 1.165) is 12.1 Å². The molecule has 0 spiro atoms. The first kappa shape index (κ1) is 48.7. The van der Waals surface area contributed by atoms with Crippen molar-refractivity contribution >= 4 is 138 Å². The molecule has 0 saturated carbocycles. The summed E-state index contributed by atoms with van der Waals surface area (Å²) in [7, 11) is -32.8. The molecule has 74 heavy (non-hydrogen) atoms. The highest BCUT2D eigenvalue weighted by Gasteiger charge is 2.34. The third kappa shape index (κ3) is 8.32. The Labute approximate surface area is 413 Å². The van der Waals surface area contributed by atoms with E-state index >= 15 is 0 Å². The van der Waals surface area contributed by atoms with Gasteiger partial charge in [-0.15, -0.1) is 0 Å². The van der Waals surface area contributed by atoms with Crippen molar-refractivity contribution in [2.24, 2.45) is 9.98 Å². The number of hydrogen-bond acceptors (Lipinski definition) is 20. The topological polar surface area (TPSA) is 406 Å². The third-order valence-electron chi connectivity index (χ3n) is 11.6. The molecule has 26 nitrogen and oxygen atoms in total. The van der Waals surface area contributed by atoms with Gasteiger partial charge in [0.25, 0.3) is 0 Å². The Morgan fingerprint density at radius 3 is 0.784 bits per heavy atom. The van der Waals surface area contributed by atoms with Crippen LogP contribution in [-0.2, 0) is 62.4 Å². The predicted octanol–water partition coefficient (Wildman–Crippen LogP) is 5.56. The van der Waals surface area contributed by atoms with E-state index < -0.39 is 129 Å². The van der Waals surface area contributed by atoms with Gasteiger partial charge in [-0.05, 0) is 24.3 Å². The summed E-state index contributed by atoms with van der Waals surface area (Å²) in [5, 5.41) is -5.01. The Bertz CT molecular complexity index is 4700. The summed E-state index contributed by atoms with van der Waals surface area (Å²) in [6, 6.07) is 20.2. The Kier molecular flexibility index (Phi) is 10.5. The summed E-state index contributed by atoms with van der Waals surface area (Å²) in [5.41, 5.74) is -0.580. The van der Waals surface area contributed by atoms with E-state index in [-0.39, 0.29) is 76.7 Å². The molecule has 0 aromatic heterocycles. The lowest BCUT2D eigenvalue weighted by molar-refractivity contribution is 0.385. The fraction of sp³-hybridized carbons (Fsp3) is 0. The van der Waals surface area contributed by atoms with Gasteiger partial charge < -0.3 is 25.1 Å². The van der Waals surface area contributed by atoms with Crippen LogP contribution in [0.1, 0.15) is 0 Å². The molecule has 0 atom stereocenters. The number of rotatable bonds is 12. The van der Waals surface area contributed by atoms with Gasteiger partial charge in [0.1, 0.15) is 0 Å². The lowest BCUT2D eigenvalue weighted by Gasteiger charge is -2.17. The molecular formula is C42H22N2O24S6. The van der Waals surface area contributed by atoms with Crippen LogP contribution in [0, 0.1) is 0 Å². The van der Waals surface area contributed by atoms with E-state index in [1.54, 1.807) is 0 Å². The highest BCUT2D eigenvalue weighted by atomic mass is 32.3. The minimum absolute atomic E-state index is 0.00110. The zero-order chi connectivity index (χ0) is 53.0. The molecule has 0 unspecified atom stereocenters. The van der Waals surface area contributed by atoms with Crippen LogP contribution in [0.15, 0.2) is 107 Å². The van der Waals surface area contributed by atoms with Crippen LogP contribution < -0.4 is 35.8 Å². The van der Waals surface area contributed by atoms with Gasteiger partial charge >= 0.3 is 62.4 Å². The van der Waals surface area contributed by atoms with E-state index in [2.05, 4.69) is 9.98 Å². The second-order valence-electron chi connectivity index (χ2n) is 15.9. The summed E-state index contributed by atoms with van der Waals surface area (Å²) >= 11 is 0. The Hall–Kier alpha value is -7.60. The van der Waals surface area contributed by atoms with Crippen molar-refractivity contribution in [1.29, 1.82) is 0 Å². The summed E-state index contributed by atoms with van der Waals surface area (Å²) in [5.74, 6) is -4.23. The number of hydrogen-bond donors (Lipinski definition) is 6. The molecule has 9 aromatic rings. The van der Waals surface area contributed by atoms with Crippen molar-refractivity contribution in [3.05, 3.63) is 108 Å². The molecule has 2 aliphatic rings. The van der Waals surface area contributed by atoms with Gasteiger partial charge in [-0.25, -0.2) is 9.98 Å². The molecule has 2 aliphatic heterocycles. The molecule has 0 fully saturated rings. The van der Waals surface area contributed by atoms with Crippen LogP contribution >= 0.6 is 0 Å². The van der Waals surface area contributed by atoms with Gasteiger partial charge in [0.05, 0.1) is 43.6 Å². The average Bonchev–Trinajstić information content (AvgIpc) is 3.85. The van der Waals surface area contributed by atoms with Crippen LogP contribution in [0.4, 0.5) is 11.4 Å². The maximum absolute atomic E-state index is 12.9. The summed E-state index contributed by atoms with van der Waals surface area (Å²) in [6.45, 7) is 0. The molecule has 32 heteroatoms. The Morgan fingerprint density at radius 2 is 0.500 bits per heavy atom. The molecule has 0 radical (unpaired) electrons. The van der Waals surface area contributed by atoms with E-state index in [0.29, 0.717) is 0 Å². The first-order valence-corrected chi connectivity index (χ1v) is 28.2. The van der Waals surface area contributed by atoms with Crippen molar-refractivity contribution < 1.29 is 103 Å². The standard InChI is InChI=1S/C42H22N2O24S6/c45-69(46,47)63-37-21-5-1-3-7-23(21)39(65-71(51,52)53)29-25(37)13-9-17-19-11-15-27-31(35(19)43-33(17)29)41(67-73(57,58)59)28-16-12-20-18-10-14-26-30(34(18)44-36(20)32(28)42(27)68-74(60,61)62)40(66-72(54,55)56)24-8-4-2-6-22(24)38(26)64-70(48,49)50/h1-16H,(H,45,46,47)(H,48,49,50)(H,51,52,53)(H,54,55,56)(H,57,58,59)(H,60,61,62). The second-order valence-corrected chi connectivity index (χ2v) is 22.0. The van der Waals surface area contributed by atoms with Crippen molar-refractivity contribution in [2.45, 2.75) is 0 Å². The number of benzene rings is 9. The molecule has 6 N–H and O–H groups in total. The van der Waals surface area contributed by atoms with Crippen molar-refractivity contribution in [3.63, 3.8) is 0 Å². The molecule has 380 valence electrons. The first-order valence-electron chi connectivity index (χ1n) is 20.0. The molecule has 2 heterocycles. The van der Waals surface area contributed by atoms with Gasteiger partial charge in [-0.3, -0.25) is 27.3 Å². The summed E-state index contributed by atoms with van der Waals surface area (Å²) in [4.78, 5) is 9.30. The van der Waals surface area contributed by atoms with Crippen LogP contribution in [0.2, 0.25) is 0 Å². The Morgan fingerprint density at radius 1 is 0.270 bits per heavy atom. The molecule has 0 amide bonds. The summed E-state index contributed by atoms with van der Waals surface area (Å²) in [6.07, 6.45) is 0.